The summed E-state index contributed by atoms with van der Waals surface area (Å²) in [5.74, 6) is -0.00336. The van der Waals surface area contributed by atoms with Gasteiger partial charge in [0.15, 0.2) is 0 Å². The Bertz CT molecular complexity index is 1110. The first-order valence-corrected chi connectivity index (χ1v) is 12.6. The molecule has 0 aromatic heterocycles. The van der Waals surface area contributed by atoms with Crippen LogP contribution in [0, 0.1) is 26.7 Å². The van der Waals surface area contributed by atoms with Crippen LogP contribution in [0.4, 0.5) is 0 Å². The van der Waals surface area contributed by atoms with Crippen LogP contribution in [-0.2, 0) is 14.8 Å². The first-order chi connectivity index (χ1) is 15.0. The molecule has 0 aliphatic carbocycles. The molecule has 0 radical (unpaired) electrons. The van der Waals surface area contributed by atoms with E-state index in [0.717, 1.165) is 11.1 Å². The van der Waals surface area contributed by atoms with Crippen LogP contribution in [0.15, 0.2) is 35.2 Å². The van der Waals surface area contributed by atoms with E-state index in [2.05, 4.69) is 38.2 Å². The lowest BCUT2D eigenvalue weighted by Crippen LogP contribution is -2.43. The average Bonchev–Trinajstić information content (AvgIpc) is 2.76. The second-order valence-corrected chi connectivity index (χ2v) is 10.8. The van der Waals surface area contributed by atoms with Crippen molar-refractivity contribution in [3.05, 3.63) is 57.6 Å². The Morgan fingerprint density at radius 3 is 2.34 bits per heavy atom. The molecule has 1 aliphatic heterocycles. The largest absolute Gasteiger partial charge is 0.495 e. The first kappa shape index (κ1) is 24.6. The van der Waals surface area contributed by atoms with E-state index in [-0.39, 0.29) is 41.6 Å². The van der Waals surface area contributed by atoms with Crippen LogP contribution in [0.25, 0.3) is 0 Å². The van der Waals surface area contributed by atoms with Crippen LogP contribution in [-0.4, -0.2) is 38.8 Å². The first-order valence-electron chi connectivity index (χ1n) is 10.8. The predicted molar refractivity (Wildman–Crippen MR) is 127 cm³/mol. The summed E-state index contributed by atoms with van der Waals surface area (Å²) in [4.78, 5) is 13.0. The summed E-state index contributed by atoms with van der Waals surface area (Å²) in [6, 6.07) is 8.70. The maximum atomic E-state index is 13.1. The van der Waals surface area contributed by atoms with Gasteiger partial charge in [0.05, 0.1) is 13.2 Å². The Kier molecular flexibility index (Phi) is 7.53. The highest BCUT2D eigenvalue weighted by Crippen LogP contribution is 2.32. The van der Waals surface area contributed by atoms with Gasteiger partial charge in [-0.05, 0) is 81.0 Å². The van der Waals surface area contributed by atoms with Gasteiger partial charge < -0.3 is 10.1 Å². The van der Waals surface area contributed by atoms with E-state index < -0.39 is 10.0 Å². The minimum atomic E-state index is -3.76. The van der Waals surface area contributed by atoms with Gasteiger partial charge in [-0.15, -0.1) is 0 Å². The van der Waals surface area contributed by atoms with E-state index >= 15 is 0 Å². The number of benzene rings is 2. The standard InChI is InChI=1S/C24H31ClN2O4S/c1-15-12-17(3)21(13-16(15)2)18(4)26-24(28)19-8-10-27(11-9-19)32(29,30)23-14-20(25)6-7-22(23)31-5/h6-7,12-14,18-19H,8-11H2,1-5H3,(H,26,28)/t18-/m0/s1. The normalized spacial score (nSPS) is 16.6. The third kappa shape index (κ3) is 5.11. The van der Waals surface area contributed by atoms with E-state index in [0.29, 0.717) is 17.9 Å². The summed E-state index contributed by atoms with van der Waals surface area (Å²) in [7, 11) is -2.34. The van der Waals surface area contributed by atoms with Crippen molar-refractivity contribution >= 4 is 27.5 Å². The van der Waals surface area contributed by atoms with Crippen LogP contribution < -0.4 is 10.1 Å². The number of piperidine rings is 1. The second kappa shape index (κ2) is 9.81. The van der Waals surface area contributed by atoms with Crippen molar-refractivity contribution in [2.45, 2.75) is 51.5 Å². The second-order valence-electron chi connectivity index (χ2n) is 8.50. The van der Waals surface area contributed by atoms with E-state index in [1.165, 1.54) is 28.6 Å². The maximum absolute atomic E-state index is 13.1. The summed E-state index contributed by atoms with van der Waals surface area (Å²) in [6.45, 7) is 8.73. The minimum Gasteiger partial charge on any atom is -0.495 e. The fourth-order valence-corrected chi connectivity index (χ4v) is 6.10. The zero-order valence-electron chi connectivity index (χ0n) is 19.2. The molecule has 0 bridgehead atoms. The van der Waals surface area contributed by atoms with Crippen molar-refractivity contribution in [1.29, 1.82) is 0 Å². The lowest BCUT2D eigenvalue weighted by atomic mass is 9.94. The molecule has 8 heteroatoms. The number of nitrogens with one attached hydrogen (secondary N) is 1. The van der Waals surface area contributed by atoms with E-state index in [4.69, 9.17) is 16.3 Å². The molecule has 174 valence electrons. The van der Waals surface area contributed by atoms with Gasteiger partial charge in [-0.2, -0.15) is 4.31 Å². The van der Waals surface area contributed by atoms with Crippen LogP contribution >= 0.6 is 11.6 Å². The van der Waals surface area contributed by atoms with Crippen molar-refractivity contribution < 1.29 is 17.9 Å². The van der Waals surface area contributed by atoms with Gasteiger partial charge in [-0.25, -0.2) is 8.42 Å². The number of hydrogen-bond donors (Lipinski definition) is 1. The maximum Gasteiger partial charge on any atom is 0.246 e. The van der Waals surface area contributed by atoms with Gasteiger partial charge in [0, 0.05) is 24.0 Å². The summed E-state index contributed by atoms with van der Waals surface area (Å²) in [5, 5.41) is 3.45. The van der Waals surface area contributed by atoms with Gasteiger partial charge >= 0.3 is 0 Å². The molecule has 1 heterocycles. The summed E-state index contributed by atoms with van der Waals surface area (Å²) in [6.07, 6.45) is 0.930. The zero-order valence-corrected chi connectivity index (χ0v) is 20.8. The molecule has 32 heavy (non-hydrogen) atoms. The summed E-state index contributed by atoms with van der Waals surface area (Å²) in [5.41, 5.74) is 4.68. The third-order valence-electron chi connectivity index (χ3n) is 6.28. The van der Waals surface area contributed by atoms with Crippen molar-refractivity contribution in [2.24, 2.45) is 5.92 Å². The van der Waals surface area contributed by atoms with E-state index in [1.54, 1.807) is 12.1 Å². The van der Waals surface area contributed by atoms with Crippen LogP contribution in [0.1, 0.15) is 48.1 Å². The number of methoxy groups -OCH3 is 1. The molecule has 2 aromatic carbocycles. The molecule has 3 rings (SSSR count). The number of ether oxygens (including phenoxy) is 1. The highest BCUT2D eigenvalue weighted by molar-refractivity contribution is 7.89. The van der Waals surface area contributed by atoms with E-state index in [1.807, 2.05) is 6.92 Å². The molecule has 2 aromatic rings. The van der Waals surface area contributed by atoms with Crippen molar-refractivity contribution in [3.63, 3.8) is 0 Å². The third-order valence-corrected chi connectivity index (χ3v) is 8.43. The molecule has 1 fully saturated rings. The topological polar surface area (TPSA) is 75.7 Å². The number of amides is 1. The quantitative estimate of drug-likeness (QED) is 0.660. The predicted octanol–water partition coefficient (Wildman–Crippen LogP) is 4.55. The number of carbonyl (C=O) groups is 1. The Morgan fingerprint density at radius 1 is 1.09 bits per heavy atom. The van der Waals surface area contributed by atoms with Gasteiger partial charge in [0.1, 0.15) is 10.6 Å². The number of sulfonamides is 1. The SMILES string of the molecule is COc1ccc(Cl)cc1S(=O)(=O)N1CCC(C(=O)N[C@@H](C)c2cc(C)c(C)cc2C)CC1. The molecule has 0 unspecified atom stereocenters. The van der Waals surface area contributed by atoms with Gasteiger partial charge in [0.2, 0.25) is 15.9 Å². The number of hydrogen-bond acceptors (Lipinski definition) is 4. The zero-order chi connectivity index (χ0) is 23.6. The summed E-state index contributed by atoms with van der Waals surface area (Å²) < 4.78 is 32.9. The Labute approximate surface area is 196 Å². The molecular weight excluding hydrogens is 448 g/mol. The van der Waals surface area contributed by atoms with Crippen LogP contribution in [0.2, 0.25) is 5.02 Å². The number of aryl methyl sites for hydroxylation is 3. The lowest BCUT2D eigenvalue weighted by Gasteiger charge is -2.31. The number of carbonyl (C=O) groups excluding carboxylic acids is 1. The minimum absolute atomic E-state index is 0.0347. The molecule has 6 nitrogen and oxygen atoms in total. The molecule has 1 saturated heterocycles. The Hall–Kier alpha value is -2.09. The Balaban J connectivity index is 1.66. The number of nitrogens with zero attached hydrogens (tertiary/aromatic N) is 1. The average molecular weight is 479 g/mol. The molecule has 0 spiro atoms. The lowest BCUT2D eigenvalue weighted by molar-refractivity contribution is -0.126. The number of rotatable bonds is 6. The van der Waals surface area contributed by atoms with Gasteiger partial charge in [0.25, 0.3) is 0 Å². The fourth-order valence-electron chi connectivity index (χ4n) is 4.21. The molecule has 1 aliphatic rings. The molecule has 1 amide bonds. The molecule has 1 atom stereocenters. The van der Waals surface area contributed by atoms with Crippen molar-refractivity contribution in [3.8, 4) is 5.75 Å². The molecule has 0 saturated carbocycles. The summed E-state index contributed by atoms with van der Waals surface area (Å²) >= 11 is 6.02. The monoisotopic (exact) mass is 478 g/mol. The smallest absolute Gasteiger partial charge is 0.246 e. The molecule has 1 N–H and O–H groups in total. The van der Waals surface area contributed by atoms with Crippen molar-refractivity contribution in [1.82, 2.24) is 9.62 Å². The van der Waals surface area contributed by atoms with Gasteiger partial charge in [-0.1, -0.05) is 23.7 Å². The van der Waals surface area contributed by atoms with Crippen molar-refractivity contribution in [2.75, 3.05) is 20.2 Å². The highest BCUT2D eigenvalue weighted by Gasteiger charge is 2.34. The van der Waals surface area contributed by atoms with Crippen LogP contribution in [0.3, 0.4) is 0 Å². The van der Waals surface area contributed by atoms with Crippen LogP contribution in [0.5, 0.6) is 5.75 Å². The Morgan fingerprint density at radius 2 is 1.72 bits per heavy atom. The number of halogens is 1. The van der Waals surface area contributed by atoms with Gasteiger partial charge in [-0.3, -0.25) is 4.79 Å². The fraction of sp³-hybridized carbons (Fsp3) is 0.458. The molecular formula is C24H31ClN2O4S. The van der Waals surface area contributed by atoms with E-state index in [9.17, 15) is 13.2 Å². The highest BCUT2D eigenvalue weighted by atomic mass is 35.5.